The van der Waals surface area contributed by atoms with Gasteiger partial charge in [0.1, 0.15) is 13.1 Å². The number of carbonyl (C=O) groups is 3. The molecule has 0 radical (unpaired) electrons. The van der Waals surface area contributed by atoms with Gasteiger partial charge in [0.05, 0.1) is 10.7 Å². The maximum Gasteiger partial charge on any atom is 0.246 e. The number of piperazine rings is 1. The van der Waals surface area contributed by atoms with Gasteiger partial charge in [-0.15, -0.1) is 11.3 Å². The number of nitrogens with one attached hydrogen (secondary N) is 1. The van der Waals surface area contributed by atoms with E-state index in [9.17, 15) is 14.4 Å². The maximum absolute atomic E-state index is 11.9. The molecule has 0 bridgehead atoms. The minimum Gasteiger partial charge on any atom is -0.324 e. The van der Waals surface area contributed by atoms with E-state index in [1.165, 1.54) is 4.90 Å². The van der Waals surface area contributed by atoms with Crippen molar-refractivity contribution in [3.05, 3.63) is 16.1 Å². The zero-order valence-corrected chi connectivity index (χ0v) is 12.7. The van der Waals surface area contributed by atoms with Gasteiger partial charge in [0, 0.05) is 23.3 Å². The predicted molar refractivity (Wildman–Crippen MR) is 77.4 cm³/mol. The molecule has 2 heterocycles. The fourth-order valence-electron chi connectivity index (χ4n) is 1.78. The predicted octanol–water partition coefficient (Wildman–Crippen LogP) is 0.560. The van der Waals surface area contributed by atoms with Crippen LogP contribution in [-0.2, 0) is 20.1 Å². The number of carbonyl (C=O) groups excluding carboxylic acids is 3. The summed E-state index contributed by atoms with van der Waals surface area (Å²) in [5, 5.41) is 5.22. The molecule has 0 aromatic carbocycles. The summed E-state index contributed by atoms with van der Waals surface area (Å²) < 4.78 is 0. The SMILES string of the molecule is Cc1nc(CSCCC(=O)N2CC(=O)NC(=O)C2)cs1. The first kappa shape index (κ1) is 15.0. The Kier molecular flexibility index (Phi) is 5.13. The lowest BCUT2D eigenvalue weighted by molar-refractivity contribution is -0.145. The number of nitrogens with zero attached hydrogens (tertiary/aromatic N) is 2. The first-order valence-corrected chi connectivity index (χ1v) is 8.17. The second kappa shape index (κ2) is 6.85. The summed E-state index contributed by atoms with van der Waals surface area (Å²) in [6, 6.07) is 0. The van der Waals surface area contributed by atoms with E-state index in [0.29, 0.717) is 12.2 Å². The molecule has 6 nitrogen and oxygen atoms in total. The average molecular weight is 313 g/mol. The molecule has 1 aromatic rings. The van der Waals surface area contributed by atoms with Gasteiger partial charge in [-0.05, 0) is 6.92 Å². The van der Waals surface area contributed by atoms with Crippen molar-refractivity contribution in [1.82, 2.24) is 15.2 Å². The number of rotatable bonds is 5. The van der Waals surface area contributed by atoms with Crippen LogP contribution in [0.1, 0.15) is 17.1 Å². The largest absolute Gasteiger partial charge is 0.324 e. The number of imide groups is 1. The van der Waals surface area contributed by atoms with Gasteiger partial charge in [-0.1, -0.05) is 0 Å². The van der Waals surface area contributed by atoms with Crippen LogP contribution in [-0.4, -0.2) is 46.4 Å². The van der Waals surface area contributed by atoms with Crippen molar-refractivity contribution in [3.8, 4) is 0 Å². The minimum atomic E-state index is -0.416. The summed E-state index contributed by atoms with van der Waals surface area (Å²) in [4.78, 5) is 39.8. The molecule has 2 rings (SSSR count). The molecule has 1 fully saturated rings. The highest BCUT2D eigenvalue weighted by Crippen LogP contribution is 2.16. The number of hydrogen-bond acceptors (Lipinski definition) is 6. The molecule has 0 unspecified atom stereocenters. The van der Waals surface area contributed by atoms with E-state index < -0.39 is 11.8 Å². The molecule has 1 aliphatic heterocycles. The van der Waals surface area contributed by atoms with Crippen LogP contribution in [0, 0.1) is 6.92 Å². The van der Waals surface area contributed by atoms with Gasteiger partial charge < -0.3 is 4.90 Å². The molecule has 108 valence electrons. The zero-order chi connectivity index (χ0) is 14.5. The second-order valence-electron chi connectivity index (χ2n) is 4.38. The van der Waals surface area contributed by atoms with Crippen LogP contribution in [0.15, 0.2) is 5.38 Å². The van der Waals surface area contributed by atoms with E-state index >= 15 is 0 Å². The molecule has 0 spiro atoms. The van der Waals surface area contributed by atoms with Crippen LogP contribution in [0.5, 0.6) is 0 Å². The molecule has 1 aromatic heterocycles. The second-order valence-corrected chi connectivity index (χ2v) is 6.55. The first-order valence-electron chi connectivity index (χ1n) is 6.14. The van der Waals surface area contributed by atoms with Crippen molar-refractivity contribution in [1.29, 1.82) is 0 Å². The highest BCUT2D eigenvalue weighted by molar-refractivity contribution is 7.98. The first-order chi connectivity index (χ1) is 9.54. The molecule has 0 aliphatic carbocycles. The van der Waals surface area contributed by atoms with Crippen LogP contribution < -0.4 is 5.32 Å². The van der Waals surface area contributed by atoms with Crippen LogP contribution in [0.2, 0.25) is 0 Å². The van der Waals surface area contributed by atoms with Crippen molar-refractivity contribution in [3.63, 3.8) is 0 Å². The molecule has 1 N–H and O–H groups in total. The third-order valence-electron chi connectivity index (χ3n) is 2.68. The summed E-state index contributed by atoms with van der Waals surface area (Å²) >= 11 is 3.24. The van der Waals surface area contributed by atoms with Gasteiger partial charge >= 0.3 is 0 Å². The van der Waals surface area contributed by atoms with Gasteiger partial charge in [0.15, 0.2) is 0 Å². The van der Waals surface area contributed by atoms with Crippen molar-refractivity contribution < 1.29 is 14.4 Å². The van der Waals surface area contributed by atoms with Crippen molar-refractivity contribution >= 4 is 40.8 Å². The smallest absolute Gasteiger partial charge is 0.246 e. The summed E-state index contributed by atoms with van der Waals surface area (Å²) in [5.41, 5.74) is 1.03. The van der Waals surface area contributed by atoms with E-state index in [1.807, 2.05) is 12.3 Å². The number of amides is 3. The van der Waals surface area contributed by atoms with Crippen molar-refractivity contribution in [2.75, 3.05) is 18.8 Å². The topological polar surface area (TPSA) is 79.4 Å². The lowest BCUT2D eigenvalue weighted by Crippen LogP contribution is -2.53. The number of hydrogen-bond donors (Lipinski definition) is 1. The molecule has 0 saturated carbocycles. The summed E-state index contributed by atoms with van der Waals surface area (Å²) in [6.07, 6.45) is 0.328. The molecule has 3 amide bonds. The van der Waals surface area contributed by atoms with Gasteiger partial charge in [0.25, 0.3) is 0 Å². The highest BCUT2D eigenvalue weighted by Gasteiger charge is 2.25. The Morgan fingerprint density at radius 3 is 2.75 bits per heavy atom. The lowest BCUT2D eigenvalue weighted by Gasteiger charge is -2.25. The molecular weight excluding hydrogens is 298 g/mol. The van der Waals surface area contributed by atoms with Crippen LogP contribution >= 0.6 is 23.1 Å². The Morgan fingerprint density at radius 2 is 2.15 bits per heavy atom. The van der Waals surface area contributed by atoms with Crippen molar-refractivity contribution in [2.45, 2.75) is 19.1 Å². The highest BCUT2D eigenvalue weighted by atomic mass is 32.2. The van der Waals surface area contributed by atoms with Crippen molar-refractivity contribution in [2.24, 2.45) is 0 Å². The van der Waals surface area contributed by atoms with E-state index in [2.05, 4.69) is 10.3 Å². The number of thiazole rings is 1. The molecular formula is C12H15N3O3S2. The Hall–Kier alpha value is -1.41. The third-order valence-corrected chi connectivity index (χ3v) is 4.49. The van der Waals surface area contributed by atoms with Crippen LogP contribution in [0.3, 0.4) is 0 Å². The summed E-state index contributed by atoms with van der Waals surface area (Å²) in [7, 11) is 0. The van der Waals surface area contributed by atoms with Gasteiger partial charge in [-0.3, -0.25) is 19.7 Å². The maximum atomic E-state index is 11.9. The number of aryl methyl sites for hydroxylation is 1. The third kappa shape index (κ3) is 4.31. The summed E-state index contributed by atoms with van der Waals surface area (Å²) in [6.45, 7) is 1.90. The quantitative estimate of drug-likeness (QED) is 0.635. The van der Waals surface area contributed by atoms with Gasteiger partial charge in [-0.2, -0.15) is 11.8 Å². The molecule has 20 heavy (non-hydrogen) atoms. The molecule has 0 atom stereocenters. The van der Waals surface area contributed by atoms with E-state index in [-0.39, 0.29) is 19.0 Å². The number of aromatic nitrogens is 1. The Balaban J connectivity index is 1.69. The summed E-state index contributed by atoms with van der Waals surface area (Å²) in [5.74, 6) is 0.439. The lowest BCUT2D eigenvalue weighted by atomic mass is 10.3. The zero-order valence-electron chi connectivity index (χ0n) is 11.0. The molecule has 8 heteroatoms. The average Bonchev–Trinajstić information content (AvgIpc) is 2.79. The fourth-order valence-corrected chi connectivity index (χ4v) is 3.32. The molecule has 1 saturated heterocycles. The van der Waals surface area contributed by atoms with E-state index in [1.54, 1.807) is 23.1 Å². The Bertz CT molecular complexity index is 514. The van der Waals surface area contributed by atoms with Gasteiger partial charge in [0.2, 0.25) is 17.7 Å². The van der Waals surface area contributed by atoms with Crippen LogP contribution in [0.25, 0.3) is 0 Å². The number of thioether (sulfide) groups is 1. The Morgan fingerprint density at radius 1 is 1.45 bits per heavy atom. The molecule has 1 aliphatic rings. The van der Waals surface area contributed by atoms with Crippen LogP contribution in [0.4, 0.5) is 0 Å². The standard InChI is InChI=1S/C12H15N3O3S2/c1-8-13-9(7-20-8)6-19-3-2-12(18)15-4-10(16)14-11(17)5-15/h7H,2-6H2,1H3,(H,14,16,17). The normalized spacial score (nSPS) is 15.3. The monoisotopic (exact) mass is 313 g/mol. The Labute approximate surface area is 124 Å². The van der Waals surface area contributed by atoms with E-state index in [0.717, 1.165) is 16.5 Å². The van der Waals surface area contributed by atoms with E-state index in [4.69, 9.17) is 0 Å². The fraction of sp³-hybridized carbons (Fsp3) is 0.500. The minimum absolute atomic E-state index is 0.0273. The van der Waals surface area contributed by atoms with Gasteiger partial charge in [-0.25, -0.2) is 4.98 Å².